The quantitative estimate of drug-likeness (QED) is 0.707. The van der Waals surface area contributed by atoms with Crippen LogP contribution in [-0.4, -0.2) is 48.1 Å². The molecule has 1 N–H and O–H groups in total. The van der Waals surface area contributed by atoms with Crippen LogP contribution >= 0.6 is 0 Å². The van der Waals surface area contributed by atoms with E-state index < -0.39 is 5.97 Å². The lowest BCUT2D eigenvalue weighted by molar-refractivity contribution is 0.0689. The van der Waals surface area contributed by atoms with Crippen LogP contribution in [-0.2, 0) is 4.74 Å². The maximum atomic E-state index is 10.6. The smallest absolute Gasteiger partial charge is 0.356 e. The van der Waals surface area contributed by atoms with E-state index in [1.54, 1.807) is 19.3 Å². The number of hydrogen-bond donors (Lipinski definition) is 1. The van der Waals surface area contributed by atoms with Gasteiger partial charge in [-0.25, -0.2) is 4.79 Å². The van der Waals surface area contributed by atoms with E-state index in [9.17, 15) is 4.79 Å². The van der Waals surface area contributed by atoms with E-state index in [0.717, 1.165) is 0 Å². The molecule has 0 aliphatic carbocycles. The van der Waals surface area contributed by atoms with E-state index >= 15 is 0 Å². The Labute approximate surface area is 99.5 Å². The highest BCUT2D eigenvalue weighted by molar-refractivity contribution is 5.85. The van der Waals surface area contributed by atoms with Crippen LogP contribution in [0.5, 0.6) is 0 Å². The fraction of sp³-hybridized carbons (Fsp3) is 0.364. The Morgan fingerprint density at radius 2 is 2.35 bits per heavy atom. The van der Waals surface area contributed by atoms with Crippen molar-refractivity contribution < 1.29 is 14.6 Å². The van der Waals surface area contributed by atoms with E-state index in [1.165, 1.54) is 6.07 Å². The van der Waals surface area contributed by atoms with Crippen LogP contribution in [0.3, 0.4) is 0 Å². The largest absolute Gasteiger partial charge is 0.476 e. The van der Waals surface area contributed by atoms with Gasteiger partial charge < -0.3 is 14.7 Å². The highest BCUT2D eigenvalue weighted by atomic mass is 16.5. The molecule has 1 aromatic heterocycles. The minimum atomic E-state index is -1.09. The van der Waals surface area contributed by atoms with Gasteiger partial charge in [-0.3, -0.25) is 0 Å². The van der Waals surface area contributed by atoms with Crippen LogP contribution in [0.4, 0.5) is 5.82 Å². The molecule has 0 saturated heterocycles. The highest BCUT2D eigenvalue weighted by Crippen LogP contribution is 2.09. The summed E-state index contributed by atoms with van der Waals surface area (Å²) in [5.41, 5.74) is -0.0703. The number of ether oxygens (including phenoxy) is 1. The summed E-state index contributed by atoms with van der Waals surface area (Å²) in [6, 6.07) is 3.04. The summed E-state index contributed by atoms with van der Waals surface area (Å²) in [6.45, 7) is 5.45. The number of nitrogens with zero attached hydrogens (tertiary/aromatic N) is 3. The molecule has 0 fully saturated rings. The Kier molecular flexibility index (Phi) is 5.09. The molecule has 17 heavy (non-hydrogen) atoms. The monoisotopic (exact) mass is 237 g/mol. The van der Waals surface area contributed by atoms with Crippen molar-refractivity contribution in [3.05, 3.63) is 30.5 Å². The van der Waals surface area contributed by atoms with Gasteiger partial charge in [-0.15, -0.1) is 16.8 Å². The Hall–Kier alpha value is -1.95. The summed E-state index contributed by atoms with van der Waals surface area (Å²) in [6.07, 6.45) is 1.74. The third-order valence-electron chi connectivity index (χ3n) is 2.11. The SMILES string of the molecule is C=CCN(CCOC)c1ccc(C(=O)O)nn1. The Balaban J connectivity index is 2.79. The lowest BCUT2D eigenvalue weighted by Gasteiger charge is -2.20. The minimum Gasteiger partial charge on any atom is -0.476 e. The number of aromatic nitrogens is 2. The first kappa shape index (κ1) is 13.1. The highest BCUT2D eigenvalue weighted by Gasteiger charge is 2.09. The number of anilines is 1. The zero-order valence-corrected chi connectivity index (χ0v) is 9.67. The van der Waals surface area contributed by atoms with E-state index in [0.29, 0.717) is 25.5 Å². The van der Waals surface area contributed by atoms with Gasteiger partial charge in [-0.05, 0) is 12.1 Å². The number of rotatable bonds is 7. The van der Waals surface area contributed by atoms with Gasteiger partial charge in [-0.1, -0.05) is 6.08 Å². The van der Waals surface area contributed by atoms with E-state index in [-0.39, 0.29) is 5.69 Å². The molecule has 1 rings (SSSR count). The lowest BCUT2D eigenvalue weighted by Crippen LogP contribution is -2.28. The molecular formula is C11H15N3O3. The molecule has 6 heteroatoms. The molecule has 6 nitrogen and oxygen atoms in total. The number of aromatic carboxylic acids is 1. The molecule has 1 aromatic rings. The lowest BCUT2D eigenvalue weighted by atomic mass is 10.3. The topological polar surface area (TPSA) is 75.5 Å². The molecule has 0 atom stereocenters. The first-order valence-electron chi connectivity index (χ1n) is 5.11. The molecule has 0 amide bonds. The second-order valence-electron chi connectivity index (χ2n) is 3.31. The summed E-state index contributed by atoms with van der Waals surface area (Å²) in [4.78, 5) is 12.5. The van der Waals surface area contributed by atoms with E-state index in [2.05, 4.69) is 16.8 Å². The Bertz CT molecular complexity index is 378. The number of methoxy groups -OCH3 is 1. The number of carboxylic acids is 1. The van der Waals surface area contributed by atoms with Crippen LogP contribution in [0, 0.1) is 0 Å². The second kappa shape index (κ2) is 6.59. The predicted octanol–water partition coefficient (Wildman–Crippen LogP) is 0.814. The number of carboxylic acid groups (broad SMARTS) is 1. The van der Waals surface area contributed by atoms with Gasteiger partial charge >= 0.3 is 5.97 Å². The van der Waals surface area contributed by atoms with Gasteiger partial charge in [0.05, 0.1) is 6.61 Å². The van der Waals surface area contributed by atoms with Crippen molar-refractivity contribution in [2.45, 2.75) is 0 Å². The fourth-order valence-electron chi connectivity index (χ4n) is 1.26. The molecule has 0 aliphatic rings. The molecule has 0 aliphatic heterocycles. The Morgan fingerprint density at radius 3 is 2.82 bits per heavy atom. The van der Waals surface area contributed by atoms with Gasteiger partial charge in [0.25, 0.3) is 0 Å². The van der Waals surface area contributed by atoms with Crippen LogP contribution in [0.1, 0.15) is 10.5 Å². The van der Waals surface area contributed by atoms with Gasteiger partial charge in [0.2, 0.25) is 0 Å². The standard InChI is InChI=1S/C11H15N3O3/c1-3-6-14(7-8-17-2)10-5-4-9(11(15)16)12-13-10/h3-5H,1,6-8H2,2H3,(H,15,16). The molecule has 0 saturated carbocycles. The fourth-order valence-corrected chi connectivity index (χ4v) is 1.26. The van der Waals surface area contributed by atoms with Crippen LogP contribution in [0.15, 0.2) is 24.8 Å². The minimum absolute atomic E-state index is 0.0703. The number of hydrogen-bond acceptors (Lipinski definition) is 5. The zero-order valence-electron chi connectivity index (χ0n) is 9.67. The van der Waals surface area contributed by atoms with Crippen LogP contribution in [0.2, 0.25) is 0 Å². The Morgan fingerprint density at radius 1 is 1.59 bits per heavy atom. The van der Waals surface area contributed by atoms with E-state index in [1.807, 2.05) is 4.90 Å². The summed E-state index contributed by atoms with van der Waals surface area (Å²) < 4.78 is 4.98. The third kappa shape index (κ3) is 3.84. The predicted molar refractivity (Wildman–Crippen MR) is 63.3 cm³/mol. The molecule has 0 bridgehead atoms. The van der Waals surface area contributed by atoms with Gasteiger partial charge in [0.15, 0.2) is 11.5 Å². The molecule has 1 heterocycles. The summed E-state index contributed by atoms with van der Waals surface area (Å²) in [5, 5.41) is 16.2. The summed E-state index contributed by atoms with van der Waals surface area (Å²) >= 11 is 0. The molecule has 92 valence electrons. The molecular weight excluding hydrogens is 222 g/mol. The van der Waals surface area contributed by atoms with Crippen molar-refractivity contribution >= 4 is 11.8 Å². The molecule has 0 unspecified atom stereocenters. The van der Waals surface area contributed by atoms with Crippen LogP contribution < -0.4 is 4.90 Å². The zero-order chi connectivity index (χ0) is 12.7. The van der Waals surface area contributed by atoms with E-state index in [4.69, 9.17) is 9.84 Å². The molecule has 0 spiro atoms. The second-order valence-corrected chi connectivity index (χ2v) is 3.31. The first-order valence-corrected chi connectivity index (χ1v) is 5.11. The van der Waals surface area contributed by atoms with Gasteiger partial charge in [0.1, 0.15) is 0 Å². The van der Waals surface area contributed by atoms with Crippen molar-refractivity contribution in [3.8, 4) is 0 Å². The third-order valence-corrected chi connectivity index (χ3v) is 2.11. The average Bonchev–Trinajstić information content (AvgIpc) is 2.34. The van der Waals surface area contributed by atoms with Crippen molar-refractivity contribution in [2.75, 3.05) is 31.7 Å². The first-order chi connectivity index (χ1) is 8.19. The molecule has 0 aromatic carbocycles. The molecule has 0 radical (unpaired) electrons. The maximum Gasteiger partial charge on any atom is 0.356 e. The van der Waals surface area contributed by atoms with Crippen molar-refractivity contribution in [1.82, 2.24) is 10.2 Å². The van der Waals surface area contributed by atoms with Crippen molar-refractivity contribution in [2.24, 2.45) is 0 Å². The summed E-state index contributed by atoms with van der Waals surface area (Å²) in [7, 11) is 1.62. The van der Waals surface area contributed by atoms with Crippen LogP contribution in [0.25, 0.3) is 0 Å². The van der Waals surface area contributed by atoms with Gasteiger partial charge in [-0.2, -0.15) is 0 Å². The maximum absolute atomic E-state index is 10.6. The summed E-state index contributed by atoms with van der Waals surface area (Å²) in [5.74, 6) is -0.483. The average molecular weight is 237 g/mol. The normalized spacial score (nSPS) is 9.94. The number of carbonyl (C=O) groups is 1. The van der Waals surface area contributed by atoms with Gasteiger partial charge in [0, 0.05) is 20.2 Å². The van der Waals surface area contributed by atoms with Crippen molar-refractivity contribution in [3.63, 3.8) is 0 Å². The van der Waals surface area contributed by atoms with Crippen molar-refractivity contribution in [1.29, 1.82) is 0 Å².